The molecule has 1 rings (SSSR count). The molecule has 3 amide bonds. The lowest BCUT2D eigenvalue weighted by atomic mass is 9.83. The number of esters is 1. The molecule has 3 atom stereocenters. The monoisotopic (exact) mass is 497 g/mol. The summed E-state index contributed by atoms with van der Waals surface area (Å²) in [6, 6.07) is -2.45. The average molecular weight is 498 g/mol. The van der Waals surface area contributed by atoms with E-state index in [1.165, 1.54) is 7.11 Å². The summed E-state index contributed by atoms with van der Waals surface area (Å²) in [7, 11) is 1.29. The third kappa shape index (κ3) is 11.8. The molecule has 1 fully saturated rings. The van der Waals surface area contributed by atoms with E-state index in [9.17, 15) is 19.2 Å². The van der Waals surface area contributed by atoms with Gasteiger partial charge in [-0.3, -0.25) is 9.59 Å². The molecule has 3 N–H and O–H groups in total. The Morgan fingerprint density at radius 2 is 1.34 bits per heavy atom. The SMILES string of the molecule is COC(=O)[C@H](CC(C)C)NC(=O)C(NC(=O)[C@H](CC(C)C)NC(=O)OC(C)(C)C)C1CCCCC1. The Morgan fingerprint density at radius 3 is 1.83 bits per heavy atom. The minimum Gasteiger partial charge on any atom is -0.467 e. The fourth-order valence-corrected chi connectivity index (χ4v) is 4.36. The van der Waals surface area contributed by atoms with Crippen LogP contribution in [-0.4, -0.2) is 54.7 Å². The molecule has 0 aliphatic heterocycles. The van der Waals surface area contributed by atoms with Gasteiger partial charge in [0.05, 0.1) is 7.11 Å². The molecule has 1 saturated carbocycles. The van der Waals surface area contributed by atoms with E-state index in [-0.39, 0.29) is 17.8 Å². The van der Waals surface area contributed by atoms with E-state index < -0.39 is 47.6 Å². The van der Waals surface area contributed by atoms with Gasteiger partial charge in [-0.15, -0.1) is 0 Å². The molecule has 0 saturated heterocycles. The molecule has 0 aromatic carbocycles. The van der Waals surface area contributed by atoms with Gasteiger partial charge < -0.3 is 25.4 Å². The standard InChI is InChI=1S/C26H47N3O6/c1-16(2)14-19(28-25(33)35-26(5,6)7)22(30)29-21(18-12-10-9-11-13-18)23(31)27-20(15-17(3)4)24(32)34-8/h16-21H,9-15H2,1-8H3,(H,27,31)(H,28,33)(H,29,30)/t19-,20-,21?/m0/s1. The van der Waals surface area contributed by atoms with Gasteiger partial charge in [-0.2, -0.15) is 0 Å². The van der Waals surface area contributed by atoms with E-state index in [4.69, 9.17) is 9.47 Å². The summed E-state index contributed by atoms with van der Waals surface area (Å²) < 4.78 is 10.2. The summed E-state index contributed by atoms with van der Waals surface area (Å²) in [5, 5.41) is 8.38. The molecule has 0 spiro atoms. The Bertz CT molecular complexity index is 710. The Balaban J connectivity index is 3.08. The van der Waals surface area contributed by atoms with Gasteiger partial charge in [0.25, 0.3) is 0 Å². The van der Waals surface area contributed by atoms with E-state index >= 15 is 0 Å². The smallest absolute Gasteiger partial charge is 0.408 e. The number of amides is 3. The lowest BCUT2D eigenvalue weighted by molar-refractivity contribution is -0.146. The molecule has 9 heteroatoms. The molecule has 202 valence electrons. The van der Waals surface area contributed by atoms with Gasteiger partial charge in [-0.25, -0.2) is 9.59 Å². The number of carbonyl (C=O) groups is 4. The highest BCUT2D eigenvalue weighted by Crippen LogP contribution is 2.27. The highest BCUT2D eigenvalue weighted by molar-refractivity contribution is 5.93. The molecule has 0 aromatic rings. The predicted octanol–water partition coefficient (Wildman–Crippen LogP) is 3.69. The Hall–Kier alpha value is -2.32. The number of hydrogen-bond acceptors (Lipinski definition) is 6. The number of hydrogen-bond donors (Lipinski definition) is 3. The zero-order chi connectivity index (χ0) is 26.8. The summed E-state index contributed by atoms with van der Waals surface area (Å²) in [6.45, 7) is 13.1. The first-order chi connectivity index (χ1) is 16.2. The van der Waals surface area contributed by atoms with Crippen LogP contribution in [0, 0.1) is 17.8 Å². The number of methoxy groups -OCH3 is 1. The second-order valence-corrected chi connectivity index (χ2v) is 11.4. The van der Waals surface area contributed by atoms with E-state index in [0.717, 1.165) is 32.1 Å². The molecule has 35 heavy (non-hydrogen) atoms. The molecular weight excluding hydrogens is 450 g/mol. The lowest BCUT2D eigenvalue weighted by Crippen LogP contribution is -2.58. The van der Waals surface area contributed by atoms with Crippen molar-refractivity contribution >= 4 is 23.9 Å². The molecule has 1 aliphatic rings. The topological polar surface area (TPSA) is 123 Å². The van der Waals surface area contributed by atoms with Crippen LogP contribution in [0.25, 0.3) is 0 Å². The van der Waals surface area contributed by atoms with Crippen LogP contribution in [0.3, 0.4) is 0 Å². The van der Waals surface area contributed by atoms with Crippen LogP contribution >= 0.6 is 0 Å². The quantitative estimate of drug-likeness (QED) is 0.374. The Labute approximate surface area is 210 Å². The number of ether oxygens (including phenoxy) is 2. The van der Waals surface area contributed by atoms with Crippen LogP contribution in [0.2, 0.25) is 0 Å². The van der Waals surface area contributed by atoms with Crippen molar-refractivity contribution in [2.75, 3.05) is 7.11 Å². The largest absolute Gasteiger partial charge is 0.467 e. The molecule has 9 nitrogen and oxygen atoms in total. The van der Waals surface area contributed by atoms with Crippen molar-refractivity contribution in [3.05, 3.63) is 0 Å². The van der Waals surface area contributed by atoms with Gasteiger partial charge in [-0.05, 0) is 64.2 Å². The van der Waals surface area contributed by atoms with Gasteiger partial charge in [0.15, 0.2) is 0 Å². The van der Waals surface area contributed by atoms with Crippen LogP contribution in [0.15, 0.2) is 0 Å². The summed E-state index contributed by atoms with van der Waals surface area (Å²) in [4.78, 5) is 51.4. The van der Waals surface area contributed by atoms with Crippen LogP contribution in [0.1, 0.15) is 93.4 Å². The molecular formula is C26H47N3O6. The summed E-state index contributed by atoms with van der Waals surface area (Å²) >= 11 is 0. The number of alkyl carbamates (subject to hydrolysis) is 1. The third-order valence-electron chi connectivity index (χ3n) is 5.93. The lowest BCUT2D eigenvalue weighted by Gasteiger charge is -2.32. The van der Waals surface area contributed by atoms with Crippen molar-refractivity contribution in [3.8, 4) is 0 Å². The van der Waals surface area contributed by atoms with E-state index in [1.807, 2.05) is 27.7 Å². The van der Waals surface area contributed by atoms with Gasteiger partial charge in [0, 0.05) is 0 Å². The van der Waals surface area contributed by atoms with Crippen LogP contribution in [0.4, 0.5) is 4.79 Å². The van der Waals surface area contributed by atoms with Gasteiger partial charge in [0.1, 0.15) is 23.7 Å². The zero-order valence-electron chi connectivity index (χ0n) is 22.9. The number of nitrogens with one attached hydrogen (secondary N) is 3. The first kappa shape index (κ1) is 30.7. The van der Waals surface area contributed by atoms with Crippen molar-refractivity contribution in [3.63, 3.8) is 0 Å². The van der Waals surface area contributed by atoms with Crippen molar-refractivity contribution < 1.29 is 28.7 Å². The van der Waals surface area contributed by atoms with Crippen molar-refractivity contribution in [1.29, 1.82) is 0 Å². The van der Waals surface area contributed by atoms with Gasteiger partial charge in [-0.1, -0.05) is 47.0 Å². The highest BCUT2D eigenvalue weighted by Gasteiger charge is 2.36. The first-order valence-corrected chi connectivity index (χ1v) is 12.9. The van der Waals surface area contributed by atoms with Crippen LogP contribution < -0.4 is 16.0 Å². The molecule has 0 aromatic heterocycles. The fourth-order valence-electron chi connectivity index (χ4n) is 4.36. The molecule has 1 unspecified atom stereocenters. The van der Waals surface area contributed by atoms with E-state index in [1.54, 1.807) is 20.8 Å². The maximum atomic E-state index is 13.4. The molecule has 1 aliphatic carbocycles. The van der Waals surface area contributed by atoms with Crippen molar-refractivity contribution in [2.24, 2.45) is 17.8 Å². The summed E-state index contributed by atoms with van der Waals surface area (Å²) in [6.07, 6.45) is 4.79. The number of rotatable bonds is 11. The van der Waals surface area contributed by atoms with Crippen molar-refractivity contribution in [2.45, 2.75) is 117 Å². The highest BCUT2D eigenvalue weighted by atomic mass is 16.6. The minimum absolute atomic E-state index is 0.0497. The molecule has 0 heterocycles. The predicted molar refractivity (Wildman–Crippen MR) is 135 cm³/mol. The number of carbonyl (C=O) groups excluding carboxylic acids is 4. The fraction of sp³-hybridized carbons (Fsp3) is 0.846. The van der Waals surface area contributed by atoms with E-state index in [0.29, 0.717) is 12.8 Å². The summed E-state index contributed by atoms with van der Waals surface area (Å²) in [5.41, 5.74) is -0.702. The molecule has 0 radical (unpaired) electrons. The van der Waals surface area contributed by atoms with Crippen LogP contribution in [-0.2, 0) is 23.9 Å². The Morgan fingerprint density at radius 1 is 0.800 bits per heavy atom. The van der Waals surface area contributed by atoms with E-state index in [2.05, 4.69) is 16.0 Å². The van der Waals surface area contributed by atoms with Crippen LogP contribution in [0.5, 0.6) is 0 Å². The third-order valence-corrected chi connectivity index (χ3v) is 5.93. The first-order valence-electron chi connectivity index (χ1n) is 12.9. The summed E-state index contributed by atoms with van der Waals surface area (Å²) in [5.74, 6) is -1.11. The van der Waals surface area contributed by atoms with Crippen molar-refractivity contribution in [1.82, 2.24) is 16.0 Å². The maximum absolute atomic E-state index is 13.4. The average Bonchev–Trinajstić information content (AvgIpc) is 2.74. The normalized spacial score (nSPS) is 17.3. The second-order valence-electron chi connectivity index (χ2n) is 11.4. The Kier molecular flexibility index (Phi) is 12.5. The molecule has 0 bridgehead atoms. The zero-order valence-corrected chi connectivity index (χ0v) is 22.9. The second kappa shape index (κ2) is 14.3. The van der Waals surface area contributed by atoms with Gasteiger partial charge in [0.2, 0.25) is 11.8 Å². The minimum atomic E-state index is -0.851. The van der Waals surface area contributed by atoms with Gasteiger partial charge >= 0.3 is 12.1 Å². The maximum Gasteiger partial charge on any atom is 0.408 e.